The molecule has 234 valence electrons. The first-order chi connectivity index (χ1) is 22.4. The SMILES string of the molecule is Oc1ccc(C2(c3ccc(O)cc3)c3cc(-c4cccc(C(F)(F)F)c4)ccc3-c3ccc(-c4cccc(C(F)(F)F)c4)cc32)cc1. The normalized spacial score (nSPS) is 13.7. The van der Waals surface area contributed by atoms with E-state index in [0.29, 0.717) is 33.4 Å². The van der Waals surface area contributed by atoms with Gasteiger partial charge in [0, 0.05) is 0 Å². The predicted molar refractivity (Wildman–Crippen MR) is 168 cm³/mol. The Balaban J connectivity index is 1.54. The van der Waals surface area contributed by atoms with Crippen molar-refractivity contribution in [2.75, 3.05) is 0 Å². The Hall–Kier alpha value is -5.50. The molecule has 2 nitrogen and oxygen atoms in total. The van der Waals surface area contributed by atoms with Gasteiger partial charge in [0.2, 0.25) is 0 Å². The molecule has 0 aromatic heterocycles. The van der Waals surface area contributed by atoms with E-state index in [2.05, 4.69) is 0 Å². The lowest BCUT2D eigenvalue weighted by Gasteiger charge is -2.34. The van der Waals surface area contributed by atoms with Crippen molar-refractivity contribution in [1.82, 2.24) is 0 Å². The lowest BCUT2D eigenvalue weighted by Crippen LogP contribution is -2.28. The molecule has 0 fully saturated rings. The highest BCUT2D eigenvalue weighted by Gasteiger charge is 2.46. The average Bonchev–Trinajstić information content (AvgIpc) is 3.34. The minimum absolute atomic E-state index is 0.0171. The summed E-state index contributed by atoms with van der Waals surface area (Å²) in [6.07, 6.45) is -9.07. The number of rotatable bonds is 4. The van der Waals surface area contributed by atoms with Crippen molar-refractivity contribution < 1.29 is 36.6 Å². The fourth-order valence-electron chi connectivity index (χ4n) is 6.64. The Bertz CT molecular complexity index is 1970. The maximum Gasteiger partial charge on any atom is 0.416 e. The molecule has 1 aliphatic carbocycles. The molecular formula is C39H24F6O2. The number of alkyl halides is 6. The predicted octanol–water partition coefficient (Wildman–Crippen LogP) is 10.8. The Morgan fingerprint density at radius 3 is 1.13 bits per heavy atom. The fourth-order valence-corrected chi connectivity index (χ4v) is 6.64. The first kappa shape index (κ1) is 30.2. The van der Waals surface area contributed by atoms with Gasteiger partial charge in [-0.05, 0) is 116 Å². The van der Waals surface area contributed by atoms with Gasteiger partial charge in [-0.15, -0.1) is 0 Å². The minimum atomic E-state index is -4.54. The van der Waals surface area contributed by atoms with Crippen LogP contribution in [0, 0.1) is 0 Å². The highest BCUT2D eigenvalue weighted by atomic mass is 19.4. The fraction of sp³-hybridized carbons (Fsp3) is 0.0769. The van der Waals surface area contributed by atoms with Crippen LogP contribution >= 0.6 is 0 Å². The maximum absolute atomic E-state index is 13.7. The zero-order chi connectivity index (χ0) is 33.1. The molecule has 0 heterocycles. The summed E-state index contributed by atoms with van der Waals surface area (Å²) in [5.41, 5.74) is 3.47. The molecule has 6 aromatic carbocycles. The van der Waals surface area contributed by atoms with Crippen molar-refractivity contribution in [3.8, 4) is 44.9 Å². The van der Waals surface area contributed by atoms with Crippen LogP contribution in [0.1, 0.15) is 33.4 Å². The molecule has 0 unspecified atom stereocenters. The molecule has 0 saturated heterocycles. The van der Waals surface area contributed by atoms with Crippen LogP contribution in [0.3, 0.4) is 0 Å². The quantitative estimate of drug-likeness (QED) is 0.188. The molecule has 0 bridgehead atoms. The van der Waals surface area contributed by atoms with E-state index in [1.165, 1.54) is 36.4 Å². The number of aromatic hydroxyl groups is 2. The van der Waals surface area contributed by atoms with Crippen LogP contribution in [0.2, 0.25) is 0 Å². The van der Waals surface area contributed by atoms with Gasteiger partial charge >= 0.3 is 12.4 Å². The van der Waals surface area contributed by atoms with Crippen LogP contribution in [-0.2, 0) is 17.8 Å². The second-order valence-corrected chi connectivity index (χ2v) is 11.5. The number of hydrogen-bond acceptors (Lipinski definition) is 2. The summed E-state index contributed by atoms with van der Waals surface area (Å²) in [7, 11) is 0. The highest BCUT2D eigenvalue weighted by molar-refractivity contribution is 5.90. The van der Waals surface area contributed by atoms with Crippen molar-refractivity contribution in [3.05, 3.63) is 167 Å². The van der Waals surface area contributed by atoms with E-state index < -0.39 is 28.9 Å². The molecule has 0 amide bonds. The van der Waals surface area contributed by atoms with Gasteiger partial charge in [-0.1, -0.05) is 72.8 Å². The van der Waals surface area contributed by atoms with E-state index in [0.717, 1.165) is 46.5 Å². The van der Waals surface area contributed by atoms with Gasteiger partial charge in [0.25, 0.3) is 0 Å². The Labute approximate surface area is 265 Å². The molecular weight excluding hydrogens is 614 g/mol. The molecule has 7 rings (SSSR count). The smallest absolute Gasteiger partial charge is 0.416 e. The third-order valence-electron chi connectivity index (χ3n) is 8.78. The third-order valence-corrected chi connectivity index (χ3v) is 8.78. The largest absolute Gasteiger partial charge is 0.508 e. The maximum atomic E-state index is 13.7. The van der Waals surface area contributed by atoms with Crippen molar-refractivity contribution in [3.63, 3.8) is 0 Å². The molecule has 8 heteroatoms. The molecule has 1 aliphatic rings. The number of halogens is 6. The van der Waals surface area contributed by atoms with E-state index in [1.54, 1.807) is 48.5 Å². The molecule has 0 spiro atoms. The van der Waals surface area contributed by atoms with E-state index in [9.17, 15) is 36.6 Å². The van der Waals surface area contributed by atoms with Gasteiger partial charge in [-0.2, -0.15) is 26.3 Å². The van der Waals surface area contributed by atoms with Gasteiger partial charge in [0.05, 0.1) is 16.5 Å². The summed E-state index contributed by atoms with van der Waals surface area (Å²) in [6.45, 7) is 0. The van der Waals surface area contributed by atoms with Gasteiger partial charge in [-0.25, -0.2) is 0 Å². The van der Waals surface area contributed by atoms with E-state index in [1.807, 2.05) is 24.3 Å². The van der Waals surface area contributed by atoms with E-state index in [4.69, 9.17) is 0 Å². The van der Waals surface area contributed by atoms with Gasteiger partial charge in [0.15, 0.2) is 0 Å². The summed E-state index contributed by atoms with van der Waals surface area (Å²) in [4.78, 5) is 0. The van der Waals surface area contributed by atoms with E-state index >= 15 is 0 Å². The van der Waals surface area contributed by atoms with Crippen LogP contribution in [0.4, 0.5) is 26.3 Å². The number of phenolic OH excluding ortho intramolecular Hbond substituents is 2. The second-order valence-electron chi connectivity index (χ2n) is 11.5. The van der Waals surface area contributed by atoms with Crippen LogP contribution in [0.25, 0.3) is 33.4 Å². The minimum Gasteiger partial charge on any atom is -0.508 e. The summed E-state index contributed by atoms with van der Waals surface area (Å²) in [6, 6.07) is 34.1. The zero-order valence-electron chi connectivity index (χ0n) is 24.4. The summed E-state index contributed by atoms with van der Waals surface area (Å²) in [5.74, 6) is 0.0342. The van der Waals surface area contributed by atoms with E-state index in [-0.39, 0.29) is 11.5 Å². The molecule has 0 radical (unpaired) electrons. The van der Waals surface area contributed by atoms with Crippen LogP contribution < -0.4 is 0 Å². The highest BCUT2D eigenvalue weighted by Crippen LogP contribution is 2.58. The zero-order valence-corrected chi connectivity index (χ0v) is 24.4. The van der Waals surface area contributed by atoms with Gasteiger partial charge in [0.1, 0.15) is 11.5 Å². The van der Waals surface area contributed by atoms with Crippen LogP contribution in [0.5, 0.6) is 11.5 Å². The lowest BCUT2D eigenvalue weighted by molar-refractivity contribution is -0.138. The molecule has 47 heavy (non-hydrogen) atoms. The van der Waals surface area contributed by atoms with Crippen molar-refractivity contribution >= 4 is 0 Å². The van der Waals surface area contributed by atoms with Gasteiger partial charge < -0.3 is 10.2 Å². The first-order valence-corrected chi connectivity index (χ1v) is 14.6. The van der Waals surface area contributed by atoms with Crippen LogP contribution in [-0.4, -0.2) is 10.2 Å². The molecule has 2 N–H and O–H groups in total. The van der Waals surface area contributed by atoms with Gasteiger partial charge in [-0.3, -0.25) is 0 Å². The summed E-state index contributed by atoms with van der Waals surface area (Å²) >= 11 is 0. The number of fused-ring (bicyclic) bond motifs is 3. The Morgan fingerprint density at radius 2 is 0.766 bits per heavy atom. The first-order valence-electron chi connectivity index (χ1n) is 14.6. The number of hydrogen-bond donors (Lipinski definition) is 2. The van der Waals surface area contributed by atoms with Crippen LogP contribution in [0.15, 0.2) is 133 Å². The second kappa shape index (κ2) is 10.8. The summed E-state index contributed by atoms with van der Waals surface area (Å²) in [5, 5.41) is 20.5. The lowest BCUT2D eigenvalue weighted by atomic mass is 9.67. The Morgan fingerprint density at radius 1 is 0.404 bits per heavy atom. The molecule has 6 aromatic rings. The Kier molecular flexibility index (Phi) is 6.93. The monoisotopic (exact) mass is 638 g/mol. The molecule has 0 atom stereocenters. The van der Waals surface area contributed by atoms with Crippen molar-refractivity contribution in [2.24, 2.45) is 0 Å². The third kappa shape index (κ3) is 5.10. The van der Waals surface area contributed by atoms with Crippen molar-refractivity contribution in [2.45, 2.75) is 17.8 Å². The number of phenols is 2. The number of benzene rings is 6. The molecule has 0 aliphatic heterocycles. The average molecular weight is 639 g/mol. The summed E-state index contributed by atoms with van der Waals surface area (Å²) < 4.78 is 82.1. The van der Waals surface area contributed by atoms with Crippen molar-refractivity contribution in [1.29, 1.82) is 0 Å². The standard InChI is InChI=1S/C39H24F6O2/c40-38(41,42)29-5-1-3-23(19-29)25-7-17-33-34-18-8-26(24-4-2-6-30(20-24)39(43,44)45)22-36(34)37(35(33)21-25,27-9-13-31(46)14-10-27)28-11-15-32(47)16-12-28/h1-22,46-47H. The molecule has 0 saturated carbocycles. The topological polar surface area (TPSA) is 40.5 Å².